The molecule has 0 aliphatic heterocycles. The van der Waals surface area contributed by atoms with Gasteiger partial charge in [-0.3, -0.25) is 15.0 Å². The van der Waals surface area contributed by atoms with Gasteiger partial charge in [0, 0.05) is 28.6 Å². The zero-order chi connectivity index (χ0) is 22.9. The highest BCUT2D eigenvalue weighted by atomic mass is 16.1. The van der Waals surface area contributed by atoms with Gasteiger partial charge < -0.3 is 10.2 Å². The summed E-state index contributed by atoms with van der Waals surface area (Å²) < 4.78 is 0. The Morgan fingerprint density at radius 3 is 2.59 bits per heavy atom. The number of nitrogens with zero attached hydrogens (tertiary/aromatic N) is 4. The number of amides is 1. The van der Waals surface area contributed by atoms with Gasteiger partial charge in [0.15, 0.2) is 5.82 Å². The van der Waals surface area contributed by atoms with E-state index in [9.17, 15) is 4.79 Å². The van der Waals surface area contributed by atoms with E-state index in [2.05, 4.69) is 51.5 Å². The highest BCUT2D eigenvalue weighted by Gasteiger charge is 2.16. The van der Waals surface area contributed by atoms with Gasteiger partial charge in [0.2, 0.25) is 0 Å². The minimum atomic E-state index is -0.0866. The smallest absolute Gasteiger partial charge is 0.251 e. The average Bonchev–Trinajstić information content (AvgIpc) is 3.37. The highest BCUT2D eigenvalue weighted by molar-refractivity contribution is 5.98. The minimum absolute atomic E-state index is 0.0226. The molecule has 0 bridgehead atoms. The Bertz CT molecular complexity index is 1250. The van der Waals surface area contributed by atoms with E-state index in [0.717, 1.165) is 33.5 Å². The van der Waals surface area contributed by atoms with Gasteiger partial charge in [-0.15, -0.1) is 0 Å². The Balaban J connectivity index is 1.64. The predicted octanol–water partition coefficient (Wildman–Crippen LogP) is 3.85. The summed E-state index contributed by atoms with van der Waals surface area (Å²) in [5.41, 5.74) is 4.11. The van der Waals surface area contributed by atoms with Crippen LogP contribution in [0.25, 0.3) is 33.5 Å². The molecule has 8 nitrogen and oxygen atoms in total. The lowest BCUT2D eigenvalue weighted by molar-refractivity contribution is 0.0939. The number of aromatic nitrogens is 5. The number of aromatic amines is 2. The maximum atomic E-state index is 12.6. The summed E-state index contributed by atoms with van der Waals surface area (Å²) in [4.78, 5) is 19.3. The van der Waals surface area contributed by atoms with Gasteiger partial charge in [0.25, 0.3) is 5.91 Å². The van der Waals surface area contributed by atoms with Crippen LogP contribution in [0.5, 0.6) is 0 Å². The van der Waals surface area contributed by atoms with Gasteiger partial charge in [0.05, 0.1) is 17.8 Å². The van der Waals surface area contributed by atoms with Gasteiger partial charge in [0.1, 0.15) is 5.82 Å². The van der Waals surface area contributed by atoms with Gasteiger partial charge in [-0.25, -0.2) is 4.98 Å². The number of H-pyrrole nitrogens is 2. The Labute approximate surface area is 187 Å². The molecule has 0 fully saturated rings. The third-order valence-electron chi connectivity index (χ3n) is 5.00. The Morgan fingerprint density at radius 1 is 1.03 bits per heavy atom. The first-order chi connectivity index (χ1) is 15.2. The van der Waals surface area contributed by atoms with Crippen molar-refractivity contribution in [2.75, 3.05) is 20.6 Å². The first kappa shape index (κ1) is 21.7. The number of carbonyl (C=O) groups excluding carboxylic acids is 1. The lowest BCUT2D eigenvalue weighted by Crippen LogP contribution is -2.32. The minimum Gasteiger partial charge on any atom is -0.352 e. The summed E-state index contributed by atoms with van der Waals surface area (Å²) in [7, 11) is 3.98. The second kappa shape index (κ2) is 8.55. The van der Waals surface area contributed by atoms with Crippen LogP contribution < -0.4 is 5.32 Å². The van der Waals surface area contributed by atoms with E-state index in [-0.39, 0.29) is 11.3 Å². The van der Waals surface area contributed by atoms with Crippen LogP contribution >= 0.6 is 0 Å². The summed E-state index contributed by atoms with van der Waals surface area (Å²) in [6.45, 7) is 7.58. The number of nitrogens with one attached hydrogen (secondary N) is 3. The quantitative estimate of drug-likeness (QED) is 0.430. The van der Waals surface area contributed by atoms with E-state index in [1.807, 2.05) is 61.5 Å². The molecule has 0 radical (unpaired) electrons. The number of fused-ring (bicyclic) bond motifs is 1. The molecule has 0 aliphatic rings. The van der Waals surface area contributed by atoms with Crippen molar-refractivity contribution in [3.05, 3.63) is 53.9 Å². The molecule has 0 saturated heterocycles. The van der Waals surface area contributed by atoms with Gasteiger partial charge >= 0.3 is 0 Å². The fourth-order valence-corrected chi connectivity index (χ4v) is 3.42. The number of hydrogen-bond acceptors (Lipinski definition) is 5. The van der Waals surface area contributed by atoms with Crippen LogP contribution in [-0.2, 0) is 6.54 Å². The molecule has 0 unspecified atom stereocenters. The van der Waals surface area contributed by atoms with Crippen LogP contribution in [0.1, 0.15) is 37.0 Å². The molecule has 4 rings (SSSR count). The zero-order valence-electron chi connectivity index (χ0n) is 19.2. The van der Waals surface area contributed by atoms with Crippen LogP contribution in [0.15, 0.2) is 42.5 Å². The molecule has 2 aromatic heterocycles. The summed E-state index contributed by atoms with van der Waals surface area (Å²) in [5, 5.41) is 18.9. The topological polar surface area (TPSA) is 103 Å². The van der Waals surface area contributed by atoms with Crippen molar-refractivity contribution in [3.8, 4) is 22.6 Å². The highest BCUT2D eigenvalue weighted by Crippen LogP contribution is 2.30. The second-order valence-electron chi connectivity index (χ2n) is 9.50. The van der Waals surface area contributed by atoms with Crippen LogP contribution in [0.4, 0.5) is 0 Å². The van der Waals surface area contributed by atoms with Gasteiger partial charge in [-0.2, -0.15) is 10.2 Å². The molecule has 0 atom stereocenters. The fraction of sp³-hybridized carbons (Fsp3) is 0.333. The number of carbonyl (C=O) groups is 1. The molecule has 166 valence electrons. The molecular weight excluding hydrogens is 402 g/mol. The summed E-state index contributed by atoms with van der Waals surface area (Å²) >= 11 is 0. The van der Waals surface area contributed by atoms with Crippen molar-refractivity contribution >= 4 is 16.8 Å². The van der Waals surface area contributed by atoms with E-state index in [1.54, 1.807) is 0 Å². The first-order valence-corrected chi connectivity index (χ1v) is 10.6. The van der Waals surface area contributed by atoms with Crippen molar-refractivity contribution in [1.29, 1.82) is 0 Å². The van der Waals surface area contributed by atoms with Crippen molar-refractivity contribution in [2.24, 2.45) is 5.41 Å². The van der Waals surface area contributed by atoms with Crippen LogP contribution in [-0.4, -0.2) is 56.8 Å². The lowest BCUT2D eigenvalue weighted by Gasteiger charge is -2.18. The molecule has 3 N–H and O–H groups in total. The molecule has 0 aliphatic carbocycles. The largest absolute Gasteiger partial charge is 0.352 e. The molecule has 2 heterocycles. The Hall–Kier alpha value is -3.52. The van der Waals surface area contributed by atoms with Crippen molar-refractivity contribution in [2.45, 2.75) is 27.3 Å². The van der Waals surface area contributed by atoms with E-state index >= 15 is 0 Å². The normalized spacial score (nSPS) is 11.9. The Morgan fingerprint density at radius 2 is 1.84 bits per heavy atom. The van der Waals surface area contributed by atoms with E-state index < -0.39 is 0 Å². The number of hydrogen-bond donors (Lipinski definition) is 3. The molecule has 2 aromatic carbocycles. The maximum Gasteiger partial charge on any atom is 0.251 e. The van der Waals surface area contributed by atoms with E-state index in [1.165, 1.54) is 0 Å². The van der Waals surface area contributed by atoms with E-state index in [4.69, 9.17) is 0 Å². The molecule has 32 heavy (non-hydrogen) atoms. The van der Waals surface area contributed by atoms with Crippen molar-refractivity contribution in [3.63, 3.8) is 0 Å². The molecule has 0 spiro atoms. The monoisotopic (exact) mass is 431 g/mol. The Kier molecular flexibility index (Phi) is 5.80. The maximum absolute atomic E-state index is 12.6. The van der Waals surface area contributed by atoms with Crippen molar-refractivity contribution in [1.82, 2.24) is 35.6 Å². The third-order valence-corrected chi connectivity index (χ3v) is 5.00. The van der Waals surface area contributed by atoms with E-state index in [0.29, 0.717) is 24.5 Å². The molecule has 4 aromatic rings. The summed E-state index contributed by atoms with van der Waals surface area (Å²) in [5.74, 6) is 1.37. The van der Waals surface area contributed by atoms with Gasteiger partial charge in [-0.1, -0.05) is 32.9 Å². The molecule has 1 amide bonds. The fourth-order valence-electron chi connectivity index (χ4n) is 3.42. The number of benzene rings is 2. The predicted molar refractivity (Wildman–Crippen MR) is 126 cm³/mol. The first-order valence-electron chi connectivity index (χ1n) is 10.6. The number of rotatable bonds is 6. The third kappa shape index (κ3) is 4.86. The lowest BCUT2D eigenvalue weighted by atomic mass is 9.96. The zero-order valence-corrected chi connectivity index (χ0v) is 19.2. The van der Waals surface area contributed by atoms with Crippen molar-refractivity contribution < 1.29 is 4.79 Å². The molecule has 0 saturated carbocycles. The van der Waals surface area contributed by atoms with Crippen LogP contribution in [0.3, 0.4) is 0 Å². The van der Waals surface area contributed by atoms with Gasteiger partial charge in [-0.05, 0) is 49.8 Å². The summed E-state index contributed by atoms with van der Waals surface area (Å²) in [6, 6.07) is 13.5. The molecular formula is C24H29N7O. The standard InChI is InChI=1S/C24H29N7O/c1-24(2,3)14-25-23(32)17-8-6-7-15(11-17)21-18-12-16(9-10-19(18)27-29-21)22-26-20(28-30-22)13-31(4)5/h6-12H,13-14H2,1-5H3,(H,25,32)(H,27,29)(H,26,28,30). The molecule has 8 heteroatoms. The van der Waals surface area contributed by atoms with Crippen LogP contribution in [0.2, 0.25) is 0 Å². The SMILES string of the molecule is CN(C)Cc1nc(-c2ccc3[nH]nc(-c4cccc(C(=O)NCC(C)(C)C)c4)c3c2)n[nH]1. The summed E-state index contributed by atoms with van der Waals surface area (Å²) in [6.07, 6.45) is 0. The average molecular weight is 432 g/mol. The second-order valence-corrected chi connectivity index (χ2v) is 9.50. The van der Waals surface area contributed by atoms with Crippen LogP contribution in [0, 0.1) is 5.41 Å².